The van der Waals surface area contributed by atoms with E-state index < -0.39 is 16.1 Å². The first-order valence-corrected chi connectivity index (χ1v) is 13.1. The largest absolute Gasteiger partial charge is 0.487 e. The number of hydrogen-bond donors (Lipinski definition) is 1. The Hall–Kier alpha value is -2.85. The number of nitrogens with zero attached hydrogens (tertiary/aromatic N) is 4. The summed E-state index contributed by atoms with van der Waals surface area (Å²) < 4.78 is 35.2. The molecular formula is C26H32N4O4S. The van der Waals surface area contributed by atoms with E-state index in [2.05, 4.69) is 14.9 Å². The van der Waals surface area contributed by atoms with Gasteiger partial charge in [0.15, 0.2) is 0 Å². The van der Waals surface area contributed by atoms with Gasteiger partial charge in [-0.1, -0.05) is 13.0 Å². The fraction of sp³-hybridized carbons (Fsp3) is 0.385. The van der Waals surface area contributed by atoms with Crippen molar-refractivity contribution in [1.82, 2.24) is 19.2 Å². The fourth-order valence-electron chi connectivity index (χ4n) is 4.34. The van der Waals surface area contributed by atoms with E-state index in [4.69, 9.17) is 4.74 Å². The number of pyridine rings is 2. The molecule has 9 heteroatoms. The van der Waals surface area contributed by atoms with E-state index in [1.807, 2.05) is 38.2 Å². The molecule has 4 rings (SSSR count). The molecular weight excluding hydrogens is 464 g/mol. The van der Waals surface area contributed by atoms with Gasteiger partial charge in [-0.3, -0.25) is 14.9 Å². The van der Waals surface area contributed by atoms with Crippen molar-refractivity contribution < 1.29 is 18.3 Å². The monoisotopic (exact) mass is 496 g/mol. The molecule has 3 heterocycles. The Morgan fingerprint density at radius 2 is 1.74 bits per heavy atom. The second-order valence-electron chi connectivity index (χ2n) is 9.19. The summed E-state index contributed by atoms with van der Waals surface area (Å²) in [5, 5.41) is 9.83. The zero-order chi connectivity index (χ0) is 25.0. The van der Waals surface area contributed by atoms with Gasteiger partial charge < -0.3 is 9.84 Å². The van der Waals surface area contributed by atoms with Crippen LogP contribution in [0.3, 0.4) is 0 Å². The number of aliphatic hydroxyl groups excluding tert-OH is 1. The third-order valence-corrected chi connectivity index (χ3v) is 8.39. The summed E-state index contributed by atoms with van der Waals surface area (Å²) >= 11 is 0. The molecule has 1 N–H and O–H groups in total. The highest BCUT2D eigenvalue weighted by Gasteiger charge is 2.38. The molecule has 0 amide bonds. The quantitative estimate of drug-likeness (QED) is 0.537. The van der Waals surface area contributed by atoms with Crippen LogP contribution in [-0.4, -0.2) is 71.6 Å². The summed E-state index contributed by atoms with van der Waals surface area (Å²) in [4.78, 5) is 10.4. The molecule has 1 aromatic carbocycles. The van der Waals surface area contributed by atoms with Gasteiger partial charge in [-0.15, -0.1) is 0 Å². The SMILES string of the molecule is C[C@@H]1CN([C@H](C)CO)S(=O)(=O)c2ccc(-c3ccncc3)cc2O[C@H]1CN(C)Cc1ccncc1. The van der Waals surface area contributed by atoms with Gasteiger partial charge in [0.1, 0.15) is 16.7 Å². The molecule has 0 fully saturated rings. The van der Waals surface area contributed by atoms with E-state index in [1.165, 1.54) is 4.31 Å². The number of aliphatic hydroxyl groups is 1. The third kappa shape index (κ3) is 5.70. The summed E-state index contributed by atoms with van der Waals surface area (Å²) in [7, 11) is -1.85. The second-order valence-corrected chi connectivity index (χ2v) is 11.0. The van der Waals surface area contributed by atoms with Crippen molar-refractivity contribution in [3.05, 3.63) is 72.8 Å². The summed E-state index contributed by atoms with van der Waals surface area (Å²) in [5.74, 6) is 0.208. The van der Waals surface area contributed by atoms with Crippen LogP contribution in [0.15, 0.2) is 72.1 Å². The Labute approximate surface area is 207 Å². The van der Waals surface area contributed by atoms with Crippen molar-refractivity contribution in [2.75, 3.05) is 26.7 Å². The highest BCUT2D eigenvalue weighted by Crippen LogP contribution is 2.36. The summed E-state index contributed by atoms with van der Waals surface area (Å²) in [6.45, 7) is 5.03. The minimum Gasteiger partial charge on any atom is -0.487 e. The molecule has 0 bridgehead atoms. The maximum atomic E-state index is 13.6. The number of benzene rings is 1. The minimum absolute atomic E-state index is 0.114. The maximum absolute atomic E-state index is 13.6. The maximum Gasteiger partial charge on any atom is 0.247 e. The van der Waals surface area contributed by atoms with E-state index in [-0.39, 0.29) is 30.1 Å². The van der Waals surface area contributed by atoms with Crippen LogP contribution in [0.25, 0.3) is 11.1 Å². The number of ether oxygens (including phenoxy) is 1. The standard InChI is InChI=1S/C26H32N4O4S/c1-19-15-30(20(2)18-31)35(32,33)26-5-4-23(22-8-12-28-13-9-22)14-24(26)34-25(19)17-29(3)16-21-6-10-27-11-7-21/h4-14,19-20,25,31H,15-18H2,1-3H3/t19-,20-,25+/m1/s1. The fourth-order valence-corrected chi connectivity index (χ4v) is 6.16. The zero-order valence-electron chi connectivity index (χ0n) is 20.3. The van der Waals surface area contributed by atoms with Crippen LogP contribution >= 0.6 is 0 Å². The van der Waals surface area contributed by atoms with Crippen LogP contribution in [0.4, 0.5) is 0 Å². The van der Waals surface area contributed by atoms with E-state index in [1.54, 1.807) is 49.9 Å². The number of aromatic nitrogens is 2. The molecule has 0 unspecified atom stereocenters. The second kappa shape index (κ2) is 10.8. The van der Waals surface area contributed by atoms with Crippen molar-refractivity contribution in [2.24, 2.45) is 5.92 Å². The highest BCUT2D eigenvalue weighted by atomic mass is 32.2. The molecule has 3 aromatic rings. The predicted molar refractivity (Wildman–Crippen MR) is 134 cm³/mol. The Morgan fingerprint density at radius 3 is 2.40 bits per heavy atom. The Bertz CT molecular complexity index is 1220. The number of sulfonamides is 1. The van der Waals surface area contributed by atoms with Gasteiger partial charge in [-0.2, -0.15) is 4.31 Å². The average molecular weight is 497 g/mol. The van der Waals surface area contributed by atoms with Crippen LogP contribution in [0.1, 0.15) is 19.4 Å². The number of fused-ring (bicyclic) bond motifs is 1. The van der Waals surface area contributed by atoms with E-state index in [0.717, 1.165) is 16.7 Å². The number of rotatable bonds is 7. The Morgan fingerprint density at radius 1 is 1.09 bits per heavy atom. The van der Waals surface area contributed by atoms with Crippen molar-refractivity contribution in [2.45, 2.75) is 37.4 Å². The Kier molecular flexibility index (Phi) is 7.81. The topological polar surface area (TPSA) is 95.9 Å². The summed E-state index contributed by atoms with van der Waals surface area (Å²) in [6.07, 6.45) is 6.68. The van der Waals surface area contributed by atoms with E-state index in [0.29, 0.717) is 18.8 Å². The molecule has 35 heavy (non-hydrogen) atoms. The molecule has 1 aliphatic rings. The normalized spacial score (nSPS) is 20.9. The molecule has 0 radical (unpaired) electrons. The predicted octanol–water partition coefficient (Wildman–Crippen LogP) is 3.04. The lowest BCUT2D eigenvalue weighted by molar-refractivity contribution is 0.0734. The van der Waals surface area contributed by atoms with Crippen LogP contribution in [0, 0.1) is 5.92 Å². The van der Waals surface area contributed by atoms with Gasteiger partial charge in [0.05, 0.1) is 6.61 Å². The first-order chi connectivity index (χ1) is 16.8. The van der Waals surface area contributed by atoms with Crippen LogP contribution in [0.2, 0.25) is 0 Å². The van der Waals surface area contributed by atoms with Crippen LogP contribution in [0.5, 0.6) is 5.75 Å². The molecule has 3 atom stereocenters. The summed E-state index contributed by atoms with van der Waals surface area (Å²) in [5.41, 5.74) is 2.91. The summed E-state index contributed by atoms with van der Waals surface area (Å²) in [6, 6.07) is 12.3. The van der Waals surface area contributed by atoms with Crippen molar-refractivity contribution in [3.63, 3.8) is 0 Å². The van der Waals surface area contributed by atoms with Crippen molar-refractivity contribution >= 4 is 10.0 Å². The zero-order valence-corrected chi connectivity index (χ0v) is 21.1. The van der Waals surface area contributed by atoms with Crippen LogP contribution < -0.4 is 4.74 Å². The molecule has 8 nitrogen and oxygen atoms in total. The molecule has 0 saturated carbocycles. The van der Waals surface area contributed by atoms with E-state index >= 15 is 0 Å². The minimum atomic E-state index is -3.87. The third-order valence-electron chi connectivity index (χ3n) is 6.37. The van der Waals surface area contributed by atoms with Crippen molar-refractivity contribution in [1.29, 1.82) is 0 Å². The lowest BCUT2D eigenvalue weighted by Gasteiger charge is -2.37. The van der Waals surface area contributed by atoms with Gasteiger partial charge in [-0.05, 0) is 67.1 Å². The van der Waals surface area contributed by atoms with Gasteiger partial charge in [-0.25, -0.2) is 8.42 Å². The van der Waals surface area contributed by atoms with Crippen molar-refractivity contribution in [3.8, 4) is 16.9 Å². The highest BCUT2D eigenvalue weighted by molar-refractivity contribution is 7.89. The number of hydrogen-bond acceptors (Lipinski definition) is 7. The smallest absolute Gasteiger partial charge is 0.247 e. The lowest BCUT2D eigenvalue weighted by atomic mass is 10.0. The van der Waals surface area contributed by atoms with Gasteiger partial charge in [0, 0.05) is 56.4 Å². The number of likely N-dealkylation sites (N-methyl/N-ethyl adjacent to an activating group) is 1. The van der Waals surface area contributed by atoms with Crippen LogP contribution in [-0.2, 0) is 16.6 Å². The van der Waals surface area contributed by atoms with Gasteiger partial charge in [0.2, 0.25) is 10.0 Å². The Balaban J connectivity index is 1.72. The van der Waals surface area contributed by atoms with Gasteiger partial charge >= 0.3 is 0 Å². The molecule has 0 spiro atoms. The first-order valence-electron chi connectivity index (χ1n) is 11.7. The molecule has 0 saturated heterocycles. The average Bonchev–Trinajstić information content (AvgIpc) is 2.86. The van der Waals surface area contributed by atoms with Gasteiger partial charge in [0.25, 0.3) is 0 Å². The molecule has 0 aliphatic carbocycles. The lowest BCUT2D eigenvalue weighted by Crippen LogP contribution is -2.49. The first kappa shape index (κ1) is 25.2. The van der Waals surface area contributed by atoms with E-state index in [9.17, 15) is 13.5 Å². The molecule has 1 aliphatic heterocycles. The molecule has 186 valence electrons. The molecule has 2 aromatic heterocycles.